The van der Waals surface area contributed by atoms with Gasteiger partial charge in [0, 0.05) is 18.6 Å². The largest absolute Gasteiger partial charge is 0.490 e. The van der Waals surface area contributed by atoms with Gasteiger partial charge in [-0.05, 0) is 13.3 Å². The maximum Gasteiger partial charge on any atom is 0.242 e. The summed E-state index contributed by atoms with van der Waals surface area (Å²) in [6.45, 7) is 4.16. The molecule has 1 amide bonds. The Balaban J connectivity index is 2.20. The zero-order valence-electron chi connectivity index (χ0n) is 13.1. The normalized spacial score (nSPS) is 15.6. The topological polar surface area (TPSA) is 81.7 Å². The summed E-state index contributed by atoms with van der Waals surface area (Å²) >= 11 is 6.14. The van der Waals surface area contributed by atoms with Crippen LogP contribution in [0.25, 0.3) is 0 Å². The van der Waals surface area contributed by atoms with Crippen LogP contribution in [-0.4, -0.2) is 38.5 Å². The number of sulfone groups is 1. The van der Waals surface area contributed by atoms with Crippen LogP contribution in [0.4, 0.5) is 5.69 Å². The van der Waals surface area contributed by atoms with Crippen LogP contribution in [0.1, 0.15) is 26.7 Å². The van der Waals surface area contributed by atoms with Crippen molar-refractivity contribution in [1.82, 2.24) is 0 Å². The Morgan fingerprint density at radius 3 is 2.52 bits per heavy atom. The molecule has 2 rings (SSSR count). The molecule has 0 spiro atoms. The first-order valence-corrected chi connectivity index (χ1v) is 9.56. The van der Waals surface area contributed by atoms with E-state index in [4.69, 9.17) is 21.1 Å². The van der Waals surface area contributed by atoms with Crippen LogP contribution in [0, 0.1) is 0 Å². The van der Waals surface area contributed by atoms with Crippen LogP contribution in [-0.2, 0) is 14.6 Å². The summed E-state index contributed by atoms with van der Waals surface area (Å²) in [5, 5.41) is 1.68. The van der Waals surface area contributed by atoms with Crippen LogP contribution in [0.15, 0.2) is 12.1 Å². The van der Waals surface area contributed by atoms with E-state index in [1.54, 1.807) is 19.1 Å². The van der Waals surface area contributed by atoms with E-state index in [0.717, 1.165) is 6.42 Å². The van der Waals surface area contributed by atoms with E-state index in [2.05, 4.69) is 5.32 Å². The molecule has 1 aliphatic rings. The van der Waals surface area contributed by atoms with E-state index in [1.807, 2.05) is 0 Å². The van der Waals surface area contributed by atoms with Gasteiger partial charge >= 0.3 is 0 Å². The summed E-state index contributed by atoms with van der Waals surface area (Å²) in [5.41, 5.74) is 0.305. The zero-order chi connectivity index (χ0) is 17.0. The highest BCUT2D eigenvalue weighted by molar-refractivity contribution is 7.92. The third-order valence-corrected chi connectivity index (χ3v) is 6.07. The number of carbonyl (C=O) groups is 1. The van der Waals surface area contributed by atoms with Gasteiger partial charge in [0.15, 0.2) is 21.3 Å². The highest BCUT2D eigenvalue weighted by Gasteiger charge is 2.28. The lowest BCUT2D eigenvalue weighted by molar-refractivity contribution is -0.115. The lowest BCUT2D eigenvalue weighted by Crippen LogP contribution is -2.34. The molecule has 0 saturated heterocycles. The molecule has 1 N–H and O–H groups in total. The third-order valence-electron chi connectivity index (χ3n) is 3.49. The highest BCUT2D eigenvalue weighted by atomic mass is 35.5. The standard InChI is InChI=1S/C15H20ClNO5S/c1-3-7-23(19,20)10(2)15(18)17-12-9-14-13(8-11(12)16)21-5-4-6-22-14/h8-10H,3-7H2,1-2H3,(H,17,18). The Kier molecular flexibility index (Phi) is 5.75. The first-order chi connectivity index (χ1) is 10.8. The fourth-order valence-electron chi connectivity index (χ4n) is 2.14. The quantitative estimate of drug-likeness (QED) is 0.871. The number of hydrogen-bond acceptors (Lipinski definition) is 5. The fourth-order valence-corrected chi connectivity index (χ4v) is 3.65. The molecule has 1 aliphatic heterocycles. The van der Waals surface area contributed by atoms with E-state index < -0.39 is 21.0 Å². The Bertz CT molecular complexity index is 689. The number of carbonyl (C=O) groups excluding carboxylic acids is 1. The van der Waals surface area contributed by atoms with Gasteiger partial charge in [0.1, 0.15) is 5.25 Å². The Hall–Kier alpha value is -1.47. The first-order valence-electron chi connectivity index (χ1n) is 7.46. The molecule has 0 fully saturated rings. The molecule has 1 unspecified atom stereocenters. The first kappa shape index (κ1) is 17.9. The molecule has 0 bridgehead atoms. The maximum absolute atomic E-state index is 12.2. The van der Waals surface area contributed by atoms with Crippen molar-refractivity contribution in [3.05, 3.63) is 17.2 Å². The summed E-state index contributed by atoms with van der Waals surface area (Å²) < 4.78 is 35.0. The molecule has 0 radical (unpaired) electrons. The van der Waals surface area contributed by atoms with Crippen LogP contribution in [0.3, 0.4) is 0 Å². The van der Waals surface area contributed by atoms with Crippen molar-refractivity contribution < 1.29 is 22.7 Å². The van der Waals surface area contributed by atoms with Crippen LogP contribution >= 0.6 is 11.6 Å². The van der Waals surface area contributed by atoms with Gasteiger partial charge in [-0.3, -0.25) is 4.79 Å². The van der Waals surface area contributed by atoms with Gasteiger partial charge in [0.2, 0.25) is 5.91 Å². The van der Waals surface area contributed by atoms with Crippen molar-refractivity contribution in [2.45, 2.75) is 31.9 Å². The second-order valence-corrected chi connectivity index (χ2v) is 8.18. The van der Waals surface area contributed by atoms with E-state index in [9.17, 15) is 13.2 Å². The van der Waals surface area contributed by atoms with Crippen molar-refractivity contribution in [2.24, 2.45) is 0 Å². The van der Waals surface area contributed by atoms with Crippen molar-refractivity contribution in [2.75, 3.05) is 24.3 Å². The van der Waals surface area contributed by atoms with Crippen LogP contribution in [0.5, 0.6) is 11.5 Å². The molecule has 6 nitrogen and oxygen atoms in total. The number of hydrogen-bond donors (Lipinski definition) is 1. The number of anilines is 1. The summed E-state index contributed by atoms with van der Waals surface area (Å²) in [7, 11) is -3.48. The van der Waals surface area contributed by atoms with E-state index >= 15 is 0 Å². The second-order valence-electron chi connectivity index (χ2n) is 5.33. The lowest BCUT2D eigenvalue weighted by Gasteiger charge is -2.15. The molecule has 128 valence electrons. The van der Waals surface area contributed by atoms with Gasteiger partial charge in [-0.15, -0.1) is 0 Å². The molecule has 0 saturated carbocycles. The molecule has 1 aromatic rings. The Morgan fingerprint density at radius 2 is 1.91 bits per heavy atom. The Labute approximate surface area is 141 Å². The number of amides is 1. The summed E-state index contributed by atoms with van der Waals surface area (Å²) in [6.07, 6.45) is 1.21. The number of nitrogens with one attached hydrogen (secondary N) is 1. The predicted octanol–water partition coefficient (Wildman–Crippen LogP) is 2.65. The van der Waals surface area contributed by atoms with E-state index in [1.165, 1.54) is 6.92 Å². The minimum atomic E-state index is -3.48. The average Bonchev–Trinajstić information content (AvgIpc) is 2.71. The van der Waals surface area contributed by atoms with E-state index in [0.29, 0.717) is 36.8 Å². The number of halogens is 1. The van der Waals surface area contributed by atoms with Crippen molar-refractivity contribution >= 4 is 33.0 Å². The van der Waals surface area contributed by atoms with E-state index in [-0.39, 0.29) is 10.8 Å². The fraction of sp³-hybridized carbons (Fsp3) is 0.533. The van der Waals surface area contributed by atoms with Crippen LogP contribution in [0.2, 0.25) is 5.02 Å². The number of fused-ring (bicyclic) bond motifs is 1. The summed E-state index contributed by atoms with van der Waals surface area (Å²) in [6, 6.07) is 3.11. The number of benzene rings is 1. The van der Waals surface area contributed by atoms with Crippen molar-refractivity contribution in [3.8, 4) is 11.5 Å². The predicted molar refractivity (Wildman–Crippen MR) is 89.2 cm³/mol. The van der Waals surface area contributed by atoms with Gasteiger partial charge in [0.25, 0.3) is 0 Å². The minimum absolute atomic E-state index is 0.0313. The van der Waals surface area contributed by atoms with Gasteiger partial charge in [-0.2, -0.15) is 0 Å². The number of ether oxygens (including phenoxy) is 2. The van der Waals surface area contributed by atoms with Crippen molar-refractivity contribution in [3.63, 3.8) is 0 Å². The van der Waals surface area contributed by atoms with Gasteiger partial charge in [0.05, 0.1) is 29.7 Å². The summed E-state index contributed by atoms with van der Waals surface area (Å²) in [5.74, 6) is 0.342. The SMILES string of the molecule is CCCS(=O)(=O)C(C)C(=O)Nc1cc2c(cc1Cl)OCCCO2. The molecule has 0 aliphatic carbocycles. The third kappa shape index (κ3) is 4.29. The molecule has 23 heavy (non-hydrogen) atoms. The summed E-state index contributed by atoms with van der Waals surface area (Å²) in [4.78, 5) is 12.2. The smallest absolute Gasteiger partial charge is 0.242 e. The molecular weight excluding hydrogens is 342 g/mol. The van der Waals surface area contributed by atoms with Gasteiger partial charge in [-0.1, -0.05) is 18.5 Å². The molecular formula is C15H20ClNO5S. The molecule has 1 atom stereocenters. The zero-order valence-corrected chi connectivity index (χ0v) is 14.7. The second kappa shape index (κ2) is 7.40. The number of rotatable bonds is 5. The minimum Gasteiger partial charge on any atom is -0.490 e. The molecule has 1 aromatic carbocycles. The van der Waals surface area contributed by atoms with Gasteiger partial charge < -0.3 is 14.8 Å². The molecule has 8 heteroatoms. The Morgan fingerprint density at radius 1 is 1.30 bits per heavy atom. The molecule has 0 aromatic heterocycles. The lowest BCUT2D eigenvalue weighted by atomic mass is 10.2. The average molecular weight is 362 g/mol. The monoisotopic (exact) mass is 361 g/mol. The van der Waals surface area contributed by atoms with Gasteiger partial charge in [-0.25, -0.2) is 8.42 Å². The molecule has 1 heterocycles. The van der Waals surface area contributed by atoms with Crippen molar-refractivity contribution in [1.29, 1.82) is 0 Å². The maximum atomic E-state index is 12.2. The highest BCUT2D eigenvalue weighted by Crippen LogP contribution is 2.37. The van der Waals surface area contributed by atoms with Crippen LogP contribution < -0.4 is 14.8 Å².